The molecule has 12 aromatic rings. The monoisotopic (exact) mass is 1800 g/mol. The summed E-state index contributed by atoms with van der Waals surface area (Å²) in [5.74, 6) is -0.421. The number of hydrogen-bond acceptors (Lipinski definition) is 16. The number of benzene rings is 8. The van der Waals surface area contributed by atoms with Crippen molar-refractivity contribution in [1.82, 2.24) is 31.8 Å². The third kappa shape index (κ3) is 17.1. The van der Waals surface area contributed by atoms with Gasteiger partial charge in [-0.3, -0.25) is 0 Å². The zero-order chi connectivity index (χ0) is 81.1. The van der Waals surface area contributed by atoms with Gasteiger partial charge in [-0.1, -0.05) is 63.9 Å². The number of halogens is 12. The molecule has 3 N–H and O–H groups in total. The standard InChI is InChI=1S/C21H21BrF2N2O3S.C19H18BrF2N3O2S.C19H18ClF2N3O2S.C19H18F3N3O2S/c1-29-15-5-7-16(8-6-15)30(27,28)26-13-17(21(23)24)20-18(11-14(22)12-19(20)26)25-9-3-2-4-10-25;3*20-16-3-1-2-4-18(16)28(26,27)25-12-15(19(21)22)14-11-13(5-6-17(14)25)24-9-7-23-8-10-24/h5-8,11-13,21H,2-4,9-10H2,1H3;3*1-6,11-12,19,23H,7-10H2. The Morgan fingerprint density at radius 1 is 0.395 bits per heavy atom. The number of anilines is 4. The van der Waals surface area contributed by atoms with Gasteiger partial charge >= 0.3 is 0 Å². The number of aromatic nitrogens is 4. The Morgan fingerprint density at radius 2 is 0.772 bits per heavy atom. The van der Waals surface area contributed by atoms with E-state index in [-0.39, 0.29) is 80.0 Å². The number of fused-ring (bicyclic) bond motifs is 4. The molecule has 0 radical (unpaired) electrons. The predicted octanol–water partition coefficient (Wildman–Crippen LogP) is 16.8. The van der Waals surface area contributed by atoms with Crippen LogP contribution < -0.4 is 40.3 Å². The summed E-state index contributed by atoms with van der Waals surface area (Å²) in [7, 11) is -15.1. The molecule has 4 fully saturated rings. The number of methoxy groups -OCH3 is 1. The van der Waals surface area contributed by atoms with Gasteiger partial charge in [0.2, 0.25) is 0 Å². The number of nitrogens with one attached hydrogen (secondary N) is 3. The van der Waals surface area contributed by atoms with Crippen molar-refractivity contribution >= 4 is 150 Å². The van der Waals surface area contributed by atoms with Gasteiger partial charge in [-0.25, -0.2) is 89.1 Å². The van der Waals surface area contributed by atoms with Crippen LogP contribution in [0.3, 0.4) is 0 Å². The van der Waals surface area contributed by atoms with Crippen molar-refractivity contribution < 1.29 is 77.9 Å². The lowest BCUT2D eigenvalue weighted by Gasteiger charge is -2.30. The average Bonchev–Trinajstić information content (AvgIpc) is 1.52. The summed E-state index contributed by atoms with van der Waals surface area (Å²) < 4.78 is 239. The molecule has 16 rings (SSSR count). The smallest absolute Gasteiger partial charge is 0.271 e. The van der Waals surface area contributed by atoms with E-state index in [4.69, 9.17) is 16.3 Å². The first-order valence-corrected chi connectivity index (χ1v) is 43.7. The lowest BCUT2D eigenvalue weighted by Crippen LogP contribution is -2.43. The van der Waals surface area contributed by atoms with E-state index in [1.54, 1.807) is 91.0 Å². The second-order valence-electron chi connectivity index (χ2n) is 26.9. The first-order valence-electron chi connectivity index (χ1n) is 35.9. The van der Waals surface area contributed by atoms with E-state index < -0.39 is 82.1 Å². The SMILES string of the molecule is COc1ccc(S(=O)(=O)n2cc(C(F)F)c3c(N4CCCCC4)cc(Br)cc32)cc1.O=S(=O)(c1ccccc1Br)n1cc(C(F)F)c2cc(N3CCNCC3)ccc21.O=S(=O)(c1ccccc1Cl)n1cc(C(F)F)c2cc(N3CCNCC3)ccc21.O=S(=O)(c1ccccc1F)n1cc(C(F)F)c2cc(N3CCNCC3)ccc21. The zero-order valence-corrected chi connectivity index (χ0v) is 67.8. The minimum atomic E-state index is -4.36. The largest absolute Gasteiger partial charge is 0.497 e. The summed E-state index contributed by atoms with van der Waals surface area (Å²) in [5, 5.41) is 10.7. The van der Waals surface area contributed by atoms with Crippen molar-refractivity contribution in [3.8, 4) is 5.75 Å². The number of hydrogen-bond donors (Lipinski definition) is 3. The van der Waals surface area contributed by atoms with E-state index in [0.29, 0.717) is 20.4 Å². The van der Waals surface area contributed by atoms with Crippen molar-refractivity contribution in [3.63, 3.8) is 0 Å². The number of alkyl halides is 8. The highest BCUT2D eigenvalue weighted by atomic mass is 79.9. The maximum absolute atomic E-state index is 14.1. The molecule has 8 aromatic carbocycles. The topological polar surface area (TPSA) is 215 Å². The van der Waals surface area contributed by atoms with E-state index in [1.807, 2.05) is 4.90 Å². The van der Waals surface area contributed by atoms with Crippen LogP contribution in [0.4, 0.5) is 62.3 Å². The molecule has 0 unspecified atom stereocenters. The highest BCUT2D eigenvalue weighted by molar-refractivity contribution is 9.10. The van der Waals surface area contributed by atoms with E-state index >= 15 is 0 Å². The lowest BCUT2D eigenvalue weighted by molar-refractivity contribution is 0.152. The molecule has 36 heteroatoms. The molecule has 20 nitrogen and oxygen atoms in total. The molecule has 0 aliphatic carbocycles. The van der Waals surface area contributed by atoms with Crippen LogP contribution in [-0.4, -0.2) is 148 Å². The summed E-state index contributed by atoms with van der Waals surface area (Å²) in [5.41, 5.74) is 2.48. The minimum Gasteiger partial charge on any atom is -0.497 e. The number of ether oxygens (including phenoxy) is 1. The van der Waals surface area contributed by atoms with Crippen LogP contribution in [0.2, 0.25) is 5.02 Å². The van der Waals surface area contributed by atoms with Crippen LogP contribution in [0, 0.1) is 5.82 Å². The van der Waals surface area contributed by atoms with Crippen LogP contribution in [-0.2, 0) is 40.1 Å². The maximum atomic E-state index is 14.1. The molecule has 0 atom stereocenters. The van der Waals surface area contributed by atoms with Gasteiger partial charge in [0, 0.05) is 192 Å². The van der Waals surface area contributed by atoms with E-state index in [1.165, 1.54) is 67.8 Å². The summed E-state index contributed by atoms with van der Waals surface area (Å²) in [6.45, 7) is 10.8. The molecule has 4 saturated heterocycles. The lowest BCUT2D eigenvalue weighted by atomic mass is 10.1. The summed E-state index contributed by atoms with van der Waals surface area (Å²) in [6.07, 6.45) is -4.23. The fraction of sp³-hybridized carbons (Fsp3) is 0.282. The molecule has 4 aliphatic heterocycles. The van der Waals surface area contributed by atoms with Gasteiger partial charge in [0.25, 0.3) is 65.8 Å². The second-order valence-corrected chi connectivity index (χ2v) is 36.2. The number of rotatable bonds is 17. The fourth-order valence-corrected chi connectivity index (χ4v) is 21.8. The number of piperazine rings is 3. The Hall–Kier alpha value is -8.78. The molecule has 0 amide bonds. The Balaban J connectivity index is 0.000000133. The van der Waals surface area contributed by atoms with E-state index in [9.17, 15) is 73.2 Å². The molecular formula is C78H75Br2ClF9N11O9S4. The van der Waals surface area contributed by atoms with Crippen molar-refractivity contribution in [2.24, 2.45) is 0 Å². The van der Waals surface area contributed by atoms with Gasteiger partial charge in [-0.15, -0.1) is 0 Å². The fourth-order valence-electron chi connectivity index (χ4n) is 14.3. The van der Waals surface area contributed by atoms with Crippen molar-refractivity contribution in [1.29, 1.82) is 0 Å². The Kier molecular flexibility index (Phi) is 25.5. The quantitative estimate of drug-likeness (QED) is 0.0723. The molecule has 0 bridgehead atoms. The summed E-state index contributed by atoms with van der Waals surface area (Å²) in [6, 6.07) is 41.3. The van der Waals surface area contributed by atoms with Gasteiger partial charge < -0.3 is 40.3 Å². The van der Waals surface area contributed by atoms with Crippen molar-refractivity contribution in [2.75, 3.05) is 118 Å². The summed E-state index contributed by atoms with van der Waals surface area (Å²) in [4.78, 5) is 7.65. The normalized spacial score (nSPS) is 15.4. The van der Waals surface area contributed by atoms with Gasteiger partial charge in [-0.05, 0) is 163 Å². The van der Waals surface area contributed by atoms with Gasteiger partial charge in [0.05, 0.1) is 39.1 Å². The average molecular weight is 1810 g/mol. The highest BCUT2D eigenvalue weighted by Gasteiger charge is 2.33. The zero-order valence-electron chi connectivity index (χ0n) is 60.6. The first-order chi connectivity index (χ1) is 54.5. The third-order valence-corrected chi connectivity index (χ3v) is 28.7. The van der Waals surface area contributed by atoms with Crippen LogP contribution >= 0.6 is 43.5 Å². The van der Waals surface area contributed by atoms with Crippen LogP contribution in [0.1, 0.15) is 67.2 Å². The summed E-state index contributed by atoms with van der Waals surface area (Å²) >= 11 is 12.7. The molecule has 604 valence electrons. The molecular weight excluding hydrogens is 1730 g/mol. The molecule has 8 heterocycles. The van der Waals surface area contributed by atoms with E-state index in [2.05, 4.69) is 62.5 Å². The van der Waals surface area contributed by atoms with Gasteiger partial charge in [0.1, 0.15) is 26.3 Å². The highest BCUT2D eigenvalue weighted by Crippen LogP contribution is 2.44. The Labute approximate surface area is 674 Å². The molecule has 4 aromatic heterocycles. The van der Waals surface area contributed by atoms with E-state index in [0.717, 1.165) is 181 Å². The van der Waals surface area contributed by atoms with Crippen LogP contribution in [0.25, 0.3) is 43.6 Å². The predicted molar refractivity (Wildman–Crippen MR) is 432 cm³/mol. The molecule has 0 saturated carbocycles. The molecule has 114 heavy (non-hydrogen) atoms. The van der Waals surface area contributed by atoms with Crippen LogP contribution in [0.15, 0.2) is 217 Å². The number of nitrogens with zero attached hydrogens (tertiary/aromatic N) is 8. The number of piperidine rings is 1. The second kappa shape index (κ2) is 35.0. The third-order valence-electron chi connectivity index (χ3n) is 20.0. The van der Waals surface area contributed by atoms with Crippen LogP contribution in [0.5, 0.6) is 5.75 Å². The Bertz CT molecular complexity index is 5570. The minimum absolute atomic E-state index is 0.000476. The molecule has 4 aliphatic rings. The Morgan fingerprint density at radius 3 is 1.18 bits per heavy atom. The van der Waals surface area contributed by atoms with Gasteiger partial charge in [0.15, 0.2) is 0 Å². The first kappa shape index (κ1) is 83.2. The van der Waals surface area contributed by atoms with Crippen molar-refractivity contribution in [2.45, 2.75) is 64.5 Å². The molecule has 0 spiro atoms. The van der Waals surface area contributed by atoms with Gasteiger partial charge in [-0.2, -0.15) is 0 Å². The maximum Gasteiger partial charge on any atom is 0.271 e. The van der Waals surface area contributed by atoms with Crippen molar-refractivity contribution in [3.05, 3.63) is 231 Å².